The van der Waals surface area contributed by atoms with E-state index < -0.39 is 6.10 Å². The standard InChI is InChI=1S/C15H24N2O3/c1-11-6-5-7-14(8-11)20-10-13(18)9-16-15(19)12(2)17(3)4/h5-8,12-13,18H,9-10H2,1-4H3,(H,16,19)/t12-,13?/m0/s1. The molecule has 1 aromatic carbocycles. The first-order valence-electron chi connectivity index (χ1n) is 6.72. The van der Waals surface area contributed by atoms with E-state index in [0.29, 0.717) is 0 Å². The molecule has 0 saturated heterocycles. The second-order valence-corrected chi connectivity index (χ2v) is 5.17. The lowest BCUT2D eigenvalue weighted by Crippen LogP contribution is -2.44. The van der Waals surface area contributed by atoms with Gasteiger partial charge in [0, 0.05) is 6.54 Å². The second-order valence-electron chi connectivity index (χ2n) is 5.17. The molecule has 112 valence electrons. The van der Waals surface area contributed by atoms with Crippen molar-refractivity contribution < 1.29 is 14.6 Å². The highest BCUT2D eigenvalue weighted by atomic mass is 16.5. The lowest BCUT2D eigenvalue weighted by molar-refractivity contribution is -0.125. The van der Waals surface area contributed by atoms with Gasteiger partial charge in [0.15, 0.2) is 0 Å². The Hall–Kier alpha value is -1.59. The predicted molar refractivity (Wildman–Crippen MR) is 78.8 cm³/mol. The maximum absolute atomic E-state index is 11.7. The van der Waals surface area contributed by atoms with E-state index in [0.717, 1.165) is 11.3 Å². The fourth-order valence-corrected chi connectivity index (χ4v) is 1.56. The van der Waals surface area contributed by atoms with Crippen molar-refractivity contribution in [3.8, 4) is 5.75 Å². The summed E-state index contributed by atoms with van der Waals surface area (Å²) in [5, 5.41) is 12.5. The van der Waals surface area contributed by atoms with Crippen LogP contribution in [0.4, 0.5) is 0 Å². The maximum Gasteiger partial charge on any atom is 0.237 e. The summed E-state index contributed by atoms with van der Waals surface area (Å²) in [5.41, 5.74) is 1.10. The monoisotopic (exact) mass is 280 g/mol. The van der Waals surface area contributed by atoms with Crippen molar-refractivity contribution in [3.05, 3.63) is 29.8 Å². The van der Waals surface area contributed by atoms with Gasteiger partial charge in [-0.05, 0) is 45.6 Å². The molecule has 0 fully saturated rings. The fourth-order valence-electron chi connectivity index (χ4n) is 1.56. The van der Waals surface area contributed by atoms with E-state index in [2.05, 4.69) is 5.32 Å². The quantitative estimate of drug-likeness (QED) is 0.775. The highest BCUT2D eigenvalue weighted by Crippen LogP contribution is 2.12. The van der Waals surface area contributed by atoms with E-state index in [9.17, 15) is 9.90 Å². The third kappa shape index (κ3) is 5.59. The van der Waals surface area contributed by atoms with Gasteiger partial charge in [0.2, 0.25) is 5.91 Å². The minimum atomic E-state index is -0.728. The van der Waals surface area contributed by atoms with Crippen molar-refractivity contribution in [2.24, 2.45) is 0 Å². The number of rotatable bonds is 7. The molecule has 2 N–H and O–H groups in total. The van der Waals surface area contributed by atoms with E-state index in [-0.39, 0.29) is 25.1 Å². The van der Waals surface area contributed by atoms with Crippen LogP contribution in [-0.2, 0) is 4.79 Å². The topological polar surface area (TPSA) is 61.8 Å². The third-order valence-electron chi connectivity index (χ3n) is 3.10. The molecule has 0 aliphatic carbocycles. The SMILES string of the molecule is Cc1cccc(OCC(O)CNC(=O)[C@H](C)N(C)C)c1. The number of carbonyl (C=O) groups is 1. The predicted octanol–water partition coefficient (Wildman–Crippen LogP) is 0.801. The molecule has 1 amide bonds. The van der Waals surface area contributed by atoms with Gasteiger partial charge in [-0.25, -0.2) is 0 Å². The van der Waals surface area contributed by atoms with Crippen LogP contribution in [0.25, 0.3) is 0 Å². The van der Waals surface area contributed by atoms with Crippen LogP contribution >= 0.6 is 0 Å². The van der Waals surface area contributed by atoms with Gasteiger partial charge in [0.25, 0.3) is 0 Å². The van der Waals surface area contributed by atoms with Gasteiger partial charge in [0.05, 0.1) is 6.04 Å². The van der Waals surface area contributed by atoms with Gasteiger partial charge in [-0.15, -0.1) is 0 Å². The van der Waals surface area contributed by atoms with Crippen LogP contribution in [0.1, 0.15) is 12.5 Å². The van der Waals surface area contributed by atoms with E-state index in [1.807, 2.05) is 57.1 Å². The van der Waals surface area contributed by atoms with Crippen molar-refractivity contribution in [2.75, 3.05) is 27.2 Å². The van der Waals surface area contributed by atoms with E-state index in [1.54, 1.807) is 0 Å². The molecule has 1 aromatic rings. The number of ether oxygens (including phenoxy) is 1. The molecule has 0 bridgehead atoms. The molecule has 5 heteroatoms. The first kappa shape index (κ1) is 16.5. The van der Waals surface area contributed by atoms with Gasteiger partial charge in [-0.1, -0.05) is 12.1 Å². The maximum atomic E-state index is 11.7. The summed E-state index contributed by atoms with van der Waals surface area (Å²) in [7, 11) is 3.67. The zero-order chi connectivity index (χ0) is 15.1. The first-order chi connectivity index (χ1) is 9.40. The highest BCUT2D eigenvalue weighted by molar-refractivity contribution is 5.81. The van der Waals surface area contributed by atoms with Crippen molar-refractivity contribution in [1.29, 1.82) is 0 Å². The van der Waals surface area contributed by atoms with Crippen LogP contribution < -0.4 is 10.1 Å². The number of aryl methyl sites for hydroxylation is 1. The number of carbonyl (C=O) groups excluding carboxylic acids is 1. The number of hydrogen-bond donors (Lipinski definition) is 2. The van der Waals surface area contributed by atoms with Crippen LogP contribution in [0.3, 0.4) is 0 Å². The van der Waals surface area contributed by atoms with E-state index in [1.165, 1.54) is 0 Å². The van der Waals surface area contributed by atoms with Crippen molar-refractivity contribution in [3.63, 3.8) is 0 Å². The van der Waals surface area contributed by atoms with Crippen molar-refractivity contribution in [2.45, 2.75) is 26.0 Å². The molecular formula is C15H24N2O3. The molecule has 20 heavy (non-hydrogen) atoms. The van der Waals surface area contributed by atoms with Crippen molar-refractivity contribution >= 4 is 5.91 Å². The number of nitrogens with one attached hydrogen (secondary N) is 1. The third-order valence-corrected chi connectivity index (χ3v) is 3.10. The summed E-state index contributed by atoms with van der Waals surface area (Å²) in [6.07, 6.45) is -0.728. The number of likely N-dealkylation sites (N-methyl/N-ethyl adjacent to an activating group) is 1. The molecule has 0 aromatic heterocycles. The van der Waals surface area contributed by atoms with Gasteiger partial charge in [-0.3, -0.25) is 9.69 Å². The van der Waals surface area contributed by atoms with Crippen LogP contribution in [0.2, 0.25) is 0 Å². The van der Waals surface area contributed by atoms with Crippen LogP contribution in [0.15, 0.2) is 24.3 Å². The Balaban J connectivity index is 2.30. The average molecular weight is 280 g/mol. The highest BCUT2D eigenvalue weighted by Gasteiger charge is 2.15. The van der Waals surface area contributed by atoms with Gasteiger partial charge in [0.1, 0.15) is 18.5 Å². The van der Waals surface area contributed by atoms with Crippen LogP contribution in [-0.4, -0.2) is 55.3 Å². The molecule has 2 atom stereocenters. The smallest absolute Gasteiger partial charge is 0.237 e. The molecule has 5 nitrogen and oxygen atoms in total. The van der Waals surface area contributed by atoms with E-state index in [4.69, 9.17) is 4.74 Å². The zero-order valence-electron chi connectivity index (χ0n) is 12.6. The summed E-state index contributed by atoms with van der Waals surface area (Å²) in [5.74, 6) is 0.613. The Kier molecular flexibility index (Phi) is 6.48. The number of aliphatic hydroxyl groups excluding tert-OH is 1. The van der Waals surface area contributed by atoms with Crippen LogP contribution in [0.5, 0.6) is 5.75 Å². The minimum absolute atomic E-state index is 0.107. The molecule has 0 spiro atoms. The Bertz CT molecular complexity index is 435. The molecule has 0 aliphatic heterocycles. The zero-order valence-corrected chi connectivity index (χ0v) is 12.6. The van der Waals surface area contributed by atoms with Gasteiger partial charge in [-0.2, -0.15) is 0 Å². The number of aliphatic hydroxyl groups is 1. The summed E-state index contributed by atoms with van der Waals surface area (Å²) in [4.78, 5) is 13.5. The summed E-state index contributed by atoms with van der Waals surface area (Å²) >= 11 is 0. The molecule has 0 radical (unpaired) electrons. The van der Waals surface area contributed by atoms with Crippen molar-refractivity contribution in [1.82, 2.24) is 10.2 Å². The average Bonchev–Trinajstić information content (AvgIpc) is 2.41. The molecular weight excluding hydrogens is 256 g/mol. The number of amides is 1. The number of nitrogens with zero attached hydrogens (tertiary/aromatic N) is 1. The Labute approximate surface area is 120 Å². The van der Waals surface area contributed by atoms with Crippen LogP contribution in [0, 0.1) is 6.92 Å². The molecule has 0 aliphatic rings. The summed E-state index contributed by atoms with van der Waals surface area (Å²) in [6.45, 7) is 4.13. The summed E-state index contributed by atoms with van der Waals surface area (Å²) < 4.78 is 5.48. The normalized spacial score (nSPS) is 13.9. The number of hydrogen-bond acceptors (Lipinski definition) is 4. The largest absolute Gasteiger partial charge is 0.491 e. The Morgan fingerprint density at radius 3 is 2.75 bits per heavy atom. The molecule has 0 saturated carbocycles. The Morgan fingerprint density at radius 2 is 2.15 bits per heavy atom. The summed E-state index contributed by atoms with van der Waals surface area (Å²) in [6, 6.07) is 7.40. The molecule has 1 unspecified atom stereocenters. The Morgan fingerprint density at radius 1 is 1.45 bits per heavy atom. The van der Waals surface area contributed by atoms with E-state index >= 15 is 0 Å². The van der Waals surface area contributed by atoms with Gasteiger partial charge >= 0.3 is 0 Å². The fraction of sp³-hybridized carbons (Fsp3) is 0.533. The lowest BCUT2D eigenvalue weighted by atomic mass is 10.2. The lowest BCUT2D eigenvalue weighted by Gasteiger charge is -2.20. The first-order valence-corrected chi connectivity index (χ1v) is 6.72. The number of benzene rings is 1. The van der Waals surface area contributed by atoms with Gasteiger partial charge < -0.3 is 15.2 Å². The molecule has 1 rings (SSSR count). The second kappa shape index (κ2) is 7.87. The minimum Gasteiger partial charge on any atom is -0.491 e. The molecule has 0 heterocycles.